The highest BCUT2D eigenvalue weighted by atomic mass is 19.1. The number of rotatable bonds is 7. The van der Waals surface area contributed by atoms with Crippen molar-refractivity contribution in [2.24, 2.45) is 5.73 Å². The van der Waals surface area contributed by atoms with Crippen LogP contribution in [0.5, 0.6) is 0 Å². The molecule has 2 aromatic heterocycles. The number of halogens is 1. The number of aromatic carboxylic acids is 3. The van der Waals surface area contributed by atoms with Gasteiger partial charge in [-0.15, -0.1) is 0 Å². The molecule has 3 aromatic carbocycles. The van der Waals surface area contributed by atoms with Crippen molar-refractivity contribution in [1.29, 1.82) is 0 Å². The van der Waals surface area contributed by atoms with Crippen LogP contribution < -0.4 is 5.73 Å². The van der Waals surface area contributed by atoms with Crippen LogP contribution in [0.25, 0.3) is 28.5 Å². The van der Waals surface area contributed by atoms with E-state index in [4.69, 9.17) is 25.8 Å². The molecule has 0 unspecified atom stereocenters. The molecule has 0 saturated heterocycles. The van der Waals surface area contributed by atoms with Crippen LogP contribution >= 0.6 is 0 Å². The van der Waals surface area contributed by atoms with Gasteiger partial charge in [-0.3, -0.25) is 0 Å². The first-order valence-corrected chi connectivity index (χ1v) is 15.3. The molecule has 0 spiro atoms. The first-order valence-electron chi connectivity index (χ1n) is 15.3. The van der Waals surface area contributed by atoms with E-state index in [2.05, 4.69) is 19.9 Å². The highest BCUT2D eigenvalue weighted by Crippen LogP contribution is 2.23. The number of nitrogens with zero attached hydrogens (tertiary/aromatic N) is 4. The van der Waals surface area contributed by atoms with Gasteiger partial charge in [-0.1, -0.05) is 75.7 Å². The highest BCUT2D eigenvalue weighted by molar-refractivity contribution is 5.96. The summed E-state index contributed by atoms with van der Waals surface area (Å²) in [5.41, 5.74) is 7.39. The molecule has 5 rings (SSSR count). The number of aromatic nitrogens is 4. The molecule has 0 fully saturated rings. The SMILES string of the molecule is CC.CC.CO/C(=C\N)c1ccccc1C(=O)O.Cc1ccc(-c2ncccn2)c(C(=O)O)c1.O=C(O)c1c(F)cccc1-c1ncccn1. The average molecular weight is 686 g/mol. The summed E-state index contributed by atoms with van der Waals surface area (Å²) in [4.78, 5) is 48.7. The first-order chi connectivity index (χ1) is 24.1. The van der Waals surface area contributed by atoms with E-state index in [0.717, 1.165) is 11.6 Å². The van der Waals surface area contributed by atoms with Crippen molar-refractivity contribution >= 4 is 23.7 Å². The molecule has 0 atom stereocenters. The molecule has 5 aromatic rings. The summed E-state index contributed by atoms with van der Waals surface area (Å²) in [7, 11) is 1.44. The van der Waals surface area contributed by atoms with Gasteiger partial charge in [0.25, 0.3) is 0 Å². The quantitative estimate of drug-likeness (QED) is 0.123. The Morgan fingerprint density at radius 3 is 1.62 bits per heavy atom. The van der Waals surface area contributed by atoms with Crippen LogP contribution in [0, 0.1) is 12.7 Å². The Bertz CT molecular complexity index is 1850. The van der Waals surface area contributed by atoms with E-state index >= 15 is 0 Å². The van der Waals surface area contributed by atoms with Gasteiger partial charge in [0.15, 0.2) is 11.6 Å². The fourth-order valence-electron chi connectivity index (χ4n) is 3.99. The van der Waals surface area contributed by atoms with Crippen LogP contribution in [-0.2, 0) is 4.74 Å². The van der Waals surface area contributed by atoms with E-state index in [0.29, 0.717) is 22.7 Å². The number of ether oxygens (including phenoxy) is 1. The molecule has 2 heterocycles. The standard InChI is InChI=1S/C12H10N2O2.C11H7FN2O2.C10H11NO3.2C2H6/c1-8-3-4-9(10(7-8)12(15)16)11-13-5-2-6-14-11;12-8-4-1-3-7(9(8)11(15)16)10-13-5-2-6-14-10;1-14-9(6-11)7-4-2-3-5-8(7)10(12)13;2*1-2/h2-7H,1H3,(H,15,16);1-6H,(H,15,16);2-6H,11H2,1H3,(H,12,13);2*1-2H3/b;;9-6-;;. The van der Waals surface area contributed by atoms with E-state index in [1.54, 1.807) is 54.9 Å². The number of carbonyl (C=O) groups is 3. The molecule has 0 aliphatic heterocycles. The summed E-state index contributed by atoms with van der Waals surface area (Å²) in [6.07, 6.45) is 7.36. The molecule has 50 heavy (non-hydrogen) atoms. The van der Waals surface area contributed by atoms with E-state index in [9.17, 15) is 18.8 Å². The predicted molar refractivity (Wildman–Crippen MR) is 189 cm³/mol. The maximum absolute atomic E-state index is 13.4. The lowest BCUT2D eigenvalue weighted by atomic mass is 10.0. The zero-order chi connectivity index (χ0) is 37.6. The monoisotopic (exact) mass is 685 g/mol. The van der Waals surface area contributed by atoms with Gasteiger partial charge in [0.2, 0.25) is 0 Å². The minimum atomic E-state index is -1.33. The maximum Gasteiger partial charge on any atom is 0.339 e. The van der Waals surface area contributed by atoms with Gasteiger partial charge in [-0.2, -0.15) is 0 Å². The van der Waals surface area contributed by atoms with Gasteiger partial charge in [-0.05, 0) is 37.3 Å². The van der Waals surface area contributed by atoms with Crippen molar-refractivity contribution in [2.75, 3.05) is 7.11 Å². The van der Waals surface area contributed by atoms with Gasteiger partial charge in [-0.25, -0.2) is 38.7 Å². The van der Waals surface area contributed by atoms with Gasteiger partial charge >= 0.3 is 17.9 Å². The largest absolute Gasteiger partial charge is 0.495 e. The first kappa shape index (κ1) is 41.5. The third-order valence-electron chi connectivity index (χ3n) is 6.04. The Hall–Kier alpha value is -6.50. The molecular formula is C37H40FN5O7. The average Bonchev–Trinajstić information content (AvgIpc) is 3.15. The lowest BCUT2D eigenvalue weighted by Gasteiger charge is -2.07. The molecule has 0 saturated carbocycles. The summed E-state index contributed by atoms with van der Waals surface area (Å²) < 4.78 is 18.3. The number of hydrogen-bond donors (Lipinski definition) is 4. The second kappa shape index (κ2) is 22.1. The third kappa shape index (κ3) is 11.9. The second-order valence-electron chi connectivity index (χ2n) is 9.05. The fourth-order valence-corrected chi connectivity index (χ4v) is 3.99. The normalized spacial score (nSPS) is 9.78. The molecule has 12 nitrogen and oxygen atoms in total. The van der Waals surface area contributed by atoms with Gasteiger partial charge < -0.3 is 25.8 Å². The molecule has 13 heteroatoms. The number of benzene rings is 3. The third-order valence-corrected chi connectivity index (χ3v) is 6.04. The van der Waals surface area contributed by atoms with Crippen LogP contribution in [0.1, 0.15) is 69.9 Å². The molecule has 0 amide bonds. The van der Waals surface area contributed by atoms with E-state index in [1.165, 1.54) is 43.9 Å². The van der Waals surface area contributed by atoms with Gasteiger partial charge in [0.05, 0.1) is 18.2 Å². The fraction of sp³-hybridized carbons (Fsp3) is 0.162. The number of aryl methyl sites for hydroxylation is 1. The van der Waals surface area contributed by atoms with Crippen molar-refractivity contribution in [3.05, 3.63) is 137 Å². The van der Waals surface area contributed by atoms with E-state index < -0.39 is 29.3 Å². The van der Waals surface area contributed by atoms with Crippen LogP contribution in [-0.4, -0.2) is 60.3 Å². The van der Waals surface area contributed by atoms with Crippen molar-refractivity contribution in [2.45, 2.75) is 34.6 Å². The summed E-state index contributed by atoms with van der Waals surface area (Å²) in [5, 5.41) is 26.9. The van der Waals surface area contributed by atoms with Gasteiger partial charge in [0.1, 0.15) is 17.1 Å². The molecule has 5 N–H and O–H groups in total. The molecule has 0 aliphatic rings. The predicted octanol–water partition coefficient (Wildman–Crippen LogP) is 7.47. The maximum atomic E-state index is 13.4. The van der Waals surface area contributed by atoms with Crippen molar-refractivity contribution in [3.63, 3.8) is 0 Å². The molecular weight excluding hydrogens is 645 g/mol. The van der Waals surface area contributed by atoms with Crippen LogP contribution in [0.15, 0.2) is 104 Å². The summed E-state index contributed by atoms with van der Waals surface area (Å²) in [6.45, 7) is 9.85. The Morgan fingerprint density at radius 1 is 0.660 bits per heavy atom. The van der Waals surface area contributed by atoms with Crippen molar-refractivity contribution in [3.8, 4) is 22.8 Å². The van der Waals surface area contributed by atoms with Crippen molar-refractivity contribution in [1.82, 2.24) is 19.9 Å². The van der Waals surface area contributed by atoms with Crippen LogP contribution in [0.2, 0.25) is 0 Å². The Kier molecular flexibility index (Phi) is 18.4. The number of methoxy groups -OCH3 is 1. The summed E-state index contributed by atoms with van der Waals surface area (Å²) >= 11 is 0. The zero-order valence-electron chi connectivity index (χ0n) is 28.5. The van der Waals surface area contributed by atoms with Crippen molar-refractivity contribution < 1.29 is 38.8 Å². The molecule has 0 aliphatic carbocycles. The lowest BCUT2D eigenvalue weighted by molar-refractivity contribution is 0.0683. The van der Waals surface area contributed by atoms with Gasteiger partial charge in [0, 0.05) is 47.7 Å². The number of carboxylic acid groups (broad SMARTS) is 3. The van der Waals surface area contributed by atoms with E-state index in [1.807, 2.05) is 40.7 Å². The number of carboxylic acids is 3. The zero-order valence-corrected chi connectivity index (χ0v) is 28.5. The Morgan fingerprint density at radius 2 is 1.16 bits per heavy atom. The number of nitrogens with two attached hydrogens (primary N) is 1. The van der Waals surface area contributed by atoms with Crippen LogP contribution in [0.3, 0.4) is 0 Å². The molecule has 262 valence electrons. The number of hydrogen-bond acceptors (Lipinski definition) is 9. The molecule has 0 radical (unpaired) electrons. The van der Waals surface area contributed by atoms with E-state index in [-0.39, 0.29) is 22.5 Å². The lowest BCUT2D eigenvalue weighted by Crippen LogP contribution is -2.04. The minimum absolute atomic E-state index is 0.172. The molecule has 0 bridgehead atoms. The smallest absolute Gasteiger partial charge is 0.339 e. The minimum Gasteiger partial charge on any atom is -0.495 e. The highest BCUT2D eigenvalue weighted by Gasteiger charge is 2.18. The summed E-state index contributed by atoms with van der Waals surface area (Å²) in [5.74, 6) is -3.12. The second-order valence-corrected chi connectivity index (χ2v) is 9.05. The summed E-state index contributed by atoms with van der Waals surface area (Å²) in [6, 6.07) is 19.0. The topological polar surface area (TPSA) is 199 Å². The Balaban J connectivity index is 0.000000358. The van der Waals surface area contributed by atoms with Crippen LogP contribution in [0.4, 0.5) is 4.39 Å². The Labute approximate surface area is 289 Å².